The summed E-state index contributed by atoms with van der Waals surface area (Å²) < 4.78 is 6.12. The average molecular weight is 649 g/mol. The van der Waals surface area contributed by atoms with E-state index in [-0.39, 0.29) is 12.1 Å². The van der Waals surface area contributed by atoms with Gasteiger partial charge in [-0.25, -0.2) is 0 Å². The summed E-state index contributed by atoms with van der Waals surface area (Å²) in [6.07, 6.45) is 40.5. The average Bonchev–Trinajstić information content (AvgIpc) is 3.40. The molecule has 3 saturated carbocycles. The molecule has 0 amide bonds. The van der Waals surface area contributed by atoms with E-state index in [9.17, 15) is 4.79 Å². The van der Waals surface area contributed by atoms with Crippen molar-refractivity contribution in [2.45, 2.75) is 195 Å². The molecule has 0 spiro atoms. The molecule has 4 aliphatic carbocycles. The van der Waals surface area contributed by atoms with Crippen molar-refractivity contribution in [1.29, 1.82) is 0 Å². The second-order valence-corrected chi connectivity index (χ2v) is 17.6. The molecule has 2 nitrogen and oxygen atoms in total. The SMILES string of the molecule is CCCCCC=CCC=CCCCCCCCC(=O)O[C@@H]1CC[C@]2(C)C(=CC[C@@H]3[C@H]2CC[C@]2(C)[C@@H]([C@H](C)CCCC(C)C)CC[C@@H]32)C1. The summed E-state index contributed by atoms with van der Waals surface area (Å²) >= 11 is 0. The third-order valence-electron chi connectivity index (χ3n) is 13.9. The second-order valence-electron chi connectivity index (χ2n) is 17.6. The summed E-state index contributed by atoms with van der Waals surface area (Å²) in [6, 6.07) is 0. The van der Waals surface area contributed by atoms with E-state index in [2.05, 4.69) is 71.9 Å². The van der Waals surface area contributed by atoms with Crippen LogP contribution in [0.15, 0.2) is 36.0 Å². The maximum Gasteiger partial charge on any atom is 0.306 e. The third kappa shape index (κ3) is 10.6. The van der Waals surface area contributed by atoms with E-state index in [0.29, 0.717) is 17.3 Å². The Balaban J connectivity index is 1.13. The van der Waals surface area contributed by atoms with Gasteiger partial charge in [-0.05, 0) is 130 Å². The van der Waals surface area contributed by atoms with Gasteiger partial charge in [-0.2, -0.15) is 0 Å². The number of hydrogen-bond acceptors (Lipinski definition) is 2. The number of carbonyl (C=O) groups is 1. The van der Waals surface area contributed by atoms with Gasteiger partial charge in [-0.15, -0.1) is 0 Å². The molecule has 0 radical (unpaired) electrons. The maximum atomic E-state index is 12.8. The van der Waals surface area contributed by atoms with Crippen LogP contribution >= 0.6 is 0 Å². The first-order valence-corrected chi connectivity index (χ1v) is 20.9. The molecule has 0 bridgehead atoms. The zero-order valence-electron chi connectivity index (χ0n) is 32.0. The van der Waals surface area contributed by atoms with Gasteiger partial charge in [0.05, 0.1) is 0 Å². The Morgan fingerprint density at radius 2 is 1.55 bits per heavy atom. The van der Waals surface area contributed by atoms with Crippen molar-refractivity contribution < 1.29 is 9.53 Å². The molecule has 2 heteroatoms. The van der Waals surface area contributed by atoms with Gasteiger partial charge in [0.15, 0.2) is 0 Å². The van der Waals surface area contributed by atoms with Crippen molar-refractivity contribution in [2.24, 2.45) is 46.3 Å². The molecule has 47 heavy (non-hydrogen) atoms. The number of unbranched alkanes of at least 4 members (excludes halogenated alkanes) is 8. The fourth-order valence-corrected chi connectivity index (χ4v) is 11.1. The van der Waals surface area contributed by atoms with Gasteiger partial charge in [0.1, 0.15) is 6.10 Å². The number of ether oxygens (including phenoxy) is 1. The monoisotopic (exact) mass is 649 g/mol. The summed E-state index contributed by atoms with van der Waals surface area (Å²) in [7, 11) is 0. The molecule has 3 fully saturated rings. The molecule has 0 aromatic rings. The van der Waals surface area contributed by atoms with Crippen molar-refractivity contribution in [3.05, 3.63) is 36.0 Å². The van der Waals surface area contributed by atoms with Crippen LogP contribution in [0.1, 0.15) is 189 Å². The largest absolute Gasteiger partial charge is 0.462 e. The number of fused-ring (bicyclic) bond motifs is 5. The summed E-state index contributed by atoms with van der Waals surface area (Å²) in [5.41, 5.74) is 2.52. The van der Waals surface area contributed by atoms with Crippen LogP contribution in [0.2, 0.25) is 0 Å². The highest BCUT2D eigenvalue weighted by molar-refractivity contribution is 5.69. The molecular formula is C45H76O2. The molecule has 4 rings (SSSR count). The molecule has 0 aromatic heterocycles. The fourth-order valence-electron chi connectivity index (χ4n) is 11.1. The first-order chi connectivity index (χ1) is 22.7. The van der Waals surface area contributed by atoms with E-state index >= 15 is 0 Å². The molecule has 268 valence electrons. The number of rotatable bonds is 20. The Morgan fingerprint density at radius 1 is 0.830 bits per heavy atom. The van der Waals surface area contributed by atoms with Crippen LogP contribution in [-0.4, -0.2) is 12.1 Å². The van der Waals surface area contributed by atoms with Crippen LogP contribution in [0.4, 0.5) is 0 Å². The molecule has 0 unspecified atom stereocenters. The summed E-state index contributed by atoms with van der Waals surface area (Å²) in [6.45, 7) is 14.9. The molecule has 8 atom stereocenters. The minimum absolute atomic E-state index is 0.0477. The van der Waals surface area contributed by atoms with E-state index in [0.717, 1.165) is 67.6 Å². The predicted molar refractivity (Wildman–Crippen MR) is 202 cm³/mol. The molecule has 0 heterocycles. The van der Waals surface area contributed by atoms with E-state index < -0.39 is 0 Å². The van der Waals surface area contributed by atoms with Crippen molar-refractivity contribution in [2.75, 3.05) is 0 Å². The lowest BCUT2D eigenvalue weighted by molar-refractivity contribution is -0.151. The Labute approximate surface area is 292 Å². The van der Waals surface area contributed by atoms with Crippen LogP contribution in [0, 0.1) is 46.3 Å². The molecule has 0 aliphatic heterocycles. The maximum absolute atomic E-state index is 12.8. The lowest BCUT2D eigenvalue weighted by Gasteiger charge is -2.58. The Hall–Kier alpha value is -1.31. The van der Waals surface area contributed by atoms with Crippen molar-refractivity contribution in [3.8, 4) is 0 Å². The first-order valence-electron chi connectivity index (χ1n) is 20.9. The highest BCUT2D eigenvalue weighted by Gasteiger charge is 2.59. The van der Waals surface area contributed by atoms with Crippen molar-refractivity contribution >= 4 is 5.97 Å². The number of esters is 1. The van der Waals surface area contributed by atoms with Crippen LogP contribution in [0.25, 0.3) is 0 Å². The standard InChI is InChI=1S/C45H76O2/c1-7-8-9-10-11-12-13-14-15-16-17-18-19-20-21-25-43(46)47-38-30-32-44(5)37(34-38)26-27-39-41-29-28-40(36(4)24-22-23-35(2)3)45(41,6)33-31-42(39)44/h11-12,14-15,26,35-36,38-42H,7-10,13,16-25,27-34H2,1-6H3/t36-,38-,39+,40-,41+,42-,44-,45-/m1/s1. The zero-order chi connectivity index (χ0) is 33.7. The Morgan fingerprint density at radius 3 is 2.30 bits per heavy atom. The molecule has 4 aliphatic rings. The predicted octanol–water partition coefficient (Wildman–Crippen LogP) is 13.8. The molecule has 0 N–H and O–H groups in total. The molecular weight excluding hydrogens is 572 g/mol. The zero-order valence-corrected chi connectivity index (χ0v) is 32.0. The van der Waals surface area contributed by atoms with Gasteiger partial charge in [-0.3, -0.25) is 4.79 Å². The fraction of sp³-hybridized carbons (Fsp3) is 0.844. The lowest BCUT2D eigenvalue weighted by atomic mass is 9.47. The number of hydrogen-bond donors (Lipinski definition) is 0. The minimum atomic E-state index is 0.0477. The topological polar surface area (TPSA) is 26.3 Å². The quantitative estimate of drug-likeness (QED) is 0.0746. The highest BCUT2D eigenvalue weighted by Crippen LogP contribution is 2.67. The van der Waals surface area contributed by atoms with Crippen LogP contribution in [0.5, 0.6) is 0 Å². The summed E-state index contributed by atoms with van der Waals surface area (Å²) in [4.78, 5) is 12.8. The Kier molecular flexibility index (Phi) is 15.7. The first kappa shape index (κ1) is 38.5. The second kappa shape index (κ2) is 19.2. The number of allylic oxidation sites excluding steroid dienone is 5. The molecule has 0 aromatic carbocycles. The van der Waals surface area contributed by atoms with Gasteiger partial charge in [-0.1, -0.05) is 129 Å². The van der Waals surface area contributed by atoms with Crippen molar-refractivity contribution in [1.82, 2.24) is 0 Å². The highest BCUT2D eigenvalue weighted by atomic mass is 16.5. The lowest BCUT2D eigenvalue weighted by Crippen LogP contribution is -2.51. The van der Waals surface area contributed by atoms with E-state index in [4.69, 9.17) is 4.74 Å². The van der Waals surface area contributed by atoms with Crippen LogP contribution < -0.4 is 0 Å². The van der Waals surface area contributed by atoms with E-state index in [1.165, 1.54) is 109 Å². The van der Waals surface area contributed by atoms with Crippen LogP contribution in [-0.2, 0) is 9.53 Å². The smallest absolute Gasteiger partial charge is 0.306 e. The van der Waals surface area contributed by atoms with Gasteiger partial charge < -0.3 is 4.74 Å². The van der Waals surface area contributed by atoms with Crippen LogP contribution in [0.3, 0.4) is 0 Å². The minimum Gasteiger partial charge on any atom is -0.462 e. The van der Waals surface area contributed by atoms with Crippen molar-refractivity contribution in [3.63, 3.8) is 0 Å². The van der Waals surface area contributed by atoms with Gasteiger partial charge >= 0.3 is 5.97 Å². The summed E-state index contributed by atoms with van der Waals surface area (Å²) in [5, 5.41) is 0. The van der Waals surface area contributed by atoms with Gasteiger partial charge in [0.2, 0.25) is 0 Å². The normalized spacial score (nSPS) is 32.7. The van der Waals surface area contributed by atoms with Gasteiger partial charge in [0, 0.05) is 12.8 Å². The molecule has 0 saturated heterocycles. The van der Waals surface area contributed by atoms with E-state index in [1.807, 2.05) is 0 Å². The van der Waals surface area contributed by atoms with E-state index in [1.54, 1.807) is 5.57 Å². The summed E-state index contributed by atoms with van der Waals surface area (Å²) in [5.74, 6) is 5.30. The van der Waals surface area contributed by atoms with Gasteiger partial charge in [0.25, 0.3) is 0 Å². The number of carbonyl (C=O) groups excluding carboxylic acids is 1. The Bertz CT molecular complexity index is 1020. The third-order valence-corrected chi connectivity index (χ3v) is 13.9.